The van der Waals surface area contributed by atoms with Crippen molar-refractivity contribution in [3.8, 4) is 0 Å². The van der Waals surface area contributed by atoms with Crippen LogP contribution in [0, 0.1) is 0 Å². The molecule has 0 aliphatic heterocycles. The summed E-state index contributed by atoms with van der Waals surface area (Å²) in [6, 6.07) is 1.79. The highest BCUT2D eigenvalue weighted by molar-refractivity contribution is 7.17. The lowest BCUT2D eigenvalue weighted by atomic mass is 9.89. The first-order valence-electron chi connectivity index (χ1n) is 11.2. The van der Waals surface area contributed by atoms with Gasteiger partial charge in [-0.15, -0.1) is 11.3 Å². The van der Waals surface area contributed by atoms with Crippen molar-refractivity contribution in [3.05, 3.63) is 39.3 Å². The molecular weight excluding hydrogens is 444 g/mol. The van der Waals surface area contributed by atoms with E-state index in [1.54, 1.807) is 13.1 Å². The van der Waals surface area contributed by atoms with E-state index in [9.17, 15) is 14.4 Å². The van der Waals surface area contributed by atoms with Gasteiger partial charge < -0.3 is 19.7 Å². The van der Waals surface area contributed by atoms with Crippen LogP contribution in [0.4, 0.5) is 0 Å². The van der Waals surface area contributed by atoms with Gasteiger partial charge in [0.25, 0.3) is 5.56 Å². The van der Waals surface area contributed by atoms with Gasteiger partial charge in [0.2, 0.25) is 17.7 Å². The Balaban J connectivity index is 1.39. The zero-order chi connectivity index (χ0) is 23.4. The normalized spacial score (nSPS) is 15.8. The molecule has 3 aromatic heterocycles. The summed E-state index contributed by atoms with van der Waals surface area (Å²) < 4.78 is 6.00. The van der Waals surface area contributed by atoms with Gasteiger partial charge in [-0.3, -0.25) is 14.4 Å². The van der Waals surface area contributed by atoms with Crippen LogP contribution >= 0.6 is 11.3 Å². The molecule has 2 N–H and O–H groups in total. The second-order valence-corrected chi connectivity index (χ2v) is 9.50. The Morgan fingerprint density at radius 3 is 2.73 bits per heavy atom. The van der Waals surface area contributed by atoms with E-state index in [0.717, 1.165) is 38.5 Å². The second kappa shape index (κ2) is 9.82. The summed E-state index contributed by atoms with van der Waals surface area (Å²) in [5, 5.41) is 9.03. The largest absolute Gasteiger partial charge is 0.343 e. The molecule has 0 radical (unpaired) electrons. The molecule has 3 heterocycles. The molecule has 2 amide bonds. The minimum atomic E-state index is -0.608. The van der Waals surface area contributed by atoms with Gasteiger partial charge in [0.05, 0.1) is 12.1 Å². The summed E-state index contributed by atoms with van der Waals surface area (Å²) in [6.07, 6.45) is 6.22. The van der Waals surface area contributed by atoms with Crippen LogP contribution < -0.4 is 10.9 Å². The molecule has 33 heavy (non-hydrogen) atoms. The zero-order valence-electron chi connectivity index (χ0n) is 18.8. The van der Waals surface area contributed by atoms with E-state index in [4.69, 9.17) is 4.52 Å². The van der Waals surface area contributed by atoms with E-state index in [1.165, 1.54) is 23.2 Å². The minimum Gasteiger partial charge on any atom is -0.343 e. The predicted octanol–water partition coefficient (Wildman–Crippen LogP) is 2.64. The number of fused-ring (bicyclic) bond motifs is 1. The number of aromatic amines is 1. The first kappa shape index (κ1) is 23.1. The summed E-state index contributed by atoms with van der Waals surface area (Å²) in [7, 11) is 1.66. The SMILES string of the molecule is CC(=O)NC1(c2noc(CCC(=O)N(C)Cc3nc4ccsc4c(=O)[nH]3)n2)CCCCCC1. The molecule has 0 saturated heterocycles. The number of hydrogen-bond acceptors (Lipinski definition) is 8. The molecule has 1 fully saturated rings. The number of nitrogens with zero attached hydrogens (tertiary/aromatic N) is 4. The van der Waals surface area contributed by atoms with E-state index in [-0.39, 0.29) is 30.3 Å². The zero-order valence-corrected chi connectivity index (χ0v) is 19.7. The molecule has 4 rings (SSSR count). The van der Waals surface area contributed by atoms with Gasteiger partial charge >= 0.3 is 0 Å². The van der Waals surface area contributed by atoms with E-state index >= 15 is 0 Å². The summed E-state index contributed by atoms with van der Waals surface area (Å²) in [5.74, 6) is 1.04. The number of rotatable bonds is 7. The smallest absolute Gasteiger partial charge is 0.268 e. The lowest BCUT2D eigenvalue weighted by molar-refractivity contribution is -0.130. The van der Waals surface area contributed by atoms with Crippen LogP contribution in [-0.4, -0.2) is 43.9 Å². The van der Waals surface area contributed by atoms with Crippen LogP contribution in [-0.2, 0) is 28.1 Å². The third-order valence-electron chi connectivity index (χ3n) is 6.00. The molecule has 1 saturated carbocycles. The Hall–Kier alpha value is -3.08. The minimum absolute atomic E-state index is 0.118. The average molecular weight is 473 g/mol. The van der Waals surface area contributed by atoms with E-state index < -0.39 is 5.54 Å². The molecule has 3 aromatic rings. The lowest BCUT2D eigenvalue weighted by Gasteiger charge is -2.30. The van der Waals surface area contributed by atoms with Crippen molar-refractivity contribution in [2.75, 3.05) is 7.05 Å². The molecule has 1 aliphatic carbocycles. The number of amides is 2. The lowest BCUT2D eigenvalue weighted by Crippen LogP contribution is -2.45. The van der Waals surface area contributed by atoms with Gasteiger partial charge in [0.15, 0.2) is 5.82 Å². The van der Waals surface area contributed by atoms with Crippen LogP contribution in [0.25, 0.3) is 10.2 Å². The van der Waals surface area contributed by atoms with Crippen molar-refractivity contribution in [3.63, 3.8) is 0 Å². The fraction of sp³-hybridized carbons (Fsp3) is 0.545. The number of carbonyl (C=O) groups is 2. The topological polar surface area (TPSA) is 134 Å². The Morgan fingerprint density at radius 2 is 2.00 bits per heavy atom. The maximum absolute atomic E-state index is 12.6. The van der Waals surface area contributed by atoms with Gasteiger partial charge in [-0.2, -0.15) is 4.98 Å². The Labute approximate surface area is 194 Å². The number of H-pyrrole nitrogens is 1. The quantitative estimate of drug-likeness (QED) is 0.505. The standard InChI is InChI=1S/C22H28N6O4S/c1-14(29)26-22(10-5-3-4-6-11-22)21-25-17(32-27-21)7-8-18(30)28(2)13-16-23-15-9-12-33-19(15)20(31)24-16/h9,12H,3-8,10-11,13H2,1-2H3,(H,26,29)(H,23,24,31). The number of hydrogen-bond donors (Lipinski definition) is 2. The van der Waals surface area contributed by atoms with Gasteiger partial charge in [-0.05, 0) is 24.3 Å². The average Bonchev–Trinajstić information content (AvgIpc) is 3.38. The molecule has 176 valence electrons. The monoisotopic (exact) mass is 472 g/mol. The van der Waals surface area contributed by atoms with Crippen molar-refractivity contribution >= 4 is 33.4 Å². The molecule has 0 unspecified atom stereocenters. The molecule has 1 aliphatic rings. The summed E-state index contributed by atoms with van der Waals surface area (Å²) in [4.78, 5) is 49.8. The molecule has 0 atom stereocenters. The van der Waals surface area contributed by atoms with Crippen LogP contribution in [0.3, 0.4) is 0 Å². The van der Waals surface area contributed by atoms with Gasteiger partial charge in [-0.25, -0.2) is 4.98 Å². The third kappa shape index (κ3) is 5.29. The number of carbonyl (C=O) groups excluding carboxylic acids is 2. The Morgan fingerprint density at radius 1 is 1.24 bits per heavy atom. The number of aryl methyl sites for hydroxylation is 1. The van der Waals surface area contributed by atoms with Crippen molar-refractivity contribution in [1.82, 2.24) is 30.3 Å². The van der Waals surface area contributed by atoms with E-state index in [1.807, 2.05) is 5.38 Å². The fourth-order valence-corrected chi connectivity index (χ4v) is 5.06. The summed E-state index contributed by atoms with van der Waals surface area (Å²) in [6.45, 7) is 1.70. The van der Waals surface area contributed by atoms with Gasteiger partial charge in [0.1, 0.15) is 16.1 Å². The van der Waals surface area contributed by atoms with Crippen molar-refractivity contribution in [1.29, 1.82) is 0 Å². The van der Waals surface area contributed by atoms with Gasteiger partial charge in [-0.1, -0.05) is 30.8 Å². The summed E-state index contributed by atoms with van der Waals surface area (Å²) in [5.41, 5.74) is -0.177. The molecular formula is C22H28N6O4S. The van der Waals surface area contributed by atoms with Crippen LogP contribution in [0.1, 0.15) is 69.4 Å². The van der Waals surface area contributed by atoms with E-state index in [0.29, 0.717) is 34.2 Å². The highest BCUT2D eigenvalue weighted by Crippen LogP contribution is 2.34. The first-order valence-corrected chi connectivity index (χ1v) is 12.1. The van der Waals surface area contributed by atoms with Crippen molar-refractivity contribution < 1.29 is 14.1 Å². The fourth-order valence-electron chi connectivity index (χ4n) is 4.34. The number of nitrogens with one attached hydrogen (secondary N) is 2. The van der Waals surface area contributed by atoms with Crippen LogP contribution in [0.15, 0.2) is 20.8 Å². The maximum Gasteiger partial charge on any atom is 0.268 e. The highest BCUT2D eigenvalue weighted by atomic mass is 32.1. The molecule has 0 aromatic carbocycles. The molecule has 10 nitrogen and oxygen atoms in total. The summed E-state index contributed by atoms with van der Waals surface area (Å²) >= 11 is 1.34. The van der Waals surface area contributed by atoms with Crippen molar-refractivity contribution in [2.45, 2.75) is 70.4 Å². The van der Waals surface area contributed by atoms with Gasteiger partial charge in [0, 0.05) is 26.8 Å². The Kier molecular flexibility index (Phi) is 6.87. The Bertz CT molecular complexity index is 1190. The highest BCUT2D eigenvalue weighted by Gasteiger charge is 2.38. The molecule has 0 spiro atoms. The van der Waals surface area contributed by atoms with Crippen LogP contribution in [0.2, 0.25) is 0 Å². The maximum atomic E-state index is 12.6. The van der Waals surface area contributed by atoms with Crippen molar-refractivity contribution in [2.24, 2.45) is 0 Å². The first-order chi connectivity index (χ1) is 15.9. The number of thiophene rings is 1. The molecule has 11 heteroatoms. The second-order valence-electron chi connectivity index (χ2n) is 8.59. The molecule has 0 bridgehead atoms. The van der Waals surface area contributed by atoms with Crippen LogP contribution in [0.5, 0.6) is 0 Å². The third-order valence-corrected chi connectivity index (χ3v) is 6.90. The predicted molar refractivity (Wildman–Crippen MR) is 123 cm³/mol. The number of aromatic nitrogens is 4. The van der Waals surface area contributed by atoms with E-state index in [2.05, 4.69) is 25.4 Å².